The number of nitrogens with zero attached hydrogens (tertiary/aromatic N) is 1. The number of ether oxygens (including phenoxy) is 1. The zero-order valence-corrected chi connectivity index (χ0v) is 13.3. The highest BCUT2D eigenvalue weighted by molar-refractivity contribution is 7.12. The molecule has 2 aromatic rings. The monoisotopic (exact) mass is 302 g/mol. The fourth-order valence-corrected chi connectivity index (χ4v) is 3.90. The van der Waals surface area contributed by atoms with E-state index in [4.69, 9.17) is 9.72 Å². The normalized spacial score (nSPS) is 16.2. The average Bonchev–Trinajstić information content (AvgIpc) is 2.99. The van der Waals surface area contributed by atoms with Crippen molar-refractivity contribution in [1.82, 2.24) is 10.3 Å². The molecule has 0 unspecified atom stereocenters. The minimum absolute atomic E-state index is 0.571. The Labute approximate surface area is 130 Å². The molecular formula is C17H22N2OS. The van der Waals surface area contributed by atoms with Gasteiger partial charge >= 0.3 is 0 Å². The zero-order chi connectivity index (χ0) is 14.5. The second-order valence-corrected chi connectivity index (χ2v) is 6.47. The van der Waals surface area contributed by atoms with Gasteiger partial charge in [-0.3, -0.25) is 0 Å². The number of rotatable bonds is 5. The Bertz CT molecular complexity index is 561. The van der Waals surface area contributed by atoms with Gasteiger partial charge in [0.25, 0.3) is 0 Å². The quantitative estimate of drug-likeness (QED) is 0.912. The smallest absolute Gasteiger partial charge is 0.0968 e. The van der Waals surface area contributed by atoms with E-state index in [1.54, 1.807) is 0 Å². The van der Waals surface area contributed by atoms with Crippen LogP contribution < -0.4 is 5.32 Å². The summed E-state index contributed by atoms with van der Waals surface area (Å²) in [6.45, 7) is 5.77. The van der Waals surface area contributed by atoms with E-state index < -0.39 is 0 Å². The zero-order valence-electron chi connectivity index (χ0n) is 12.5. The van der Waals surface area contributed by atoms with E-state index in [1.807, 2.05) is 11.3 Å². The van der Waals surface area contributed by atoms with Gasteiger partial charge in [0, 0.05) is 36.1 Å². The van der Waals surface area contributed by atoms with Crippen LogP contribution in [0, 0.1) is 0 Å². The summed E-state index contributed by atoms with van der Waals surface area (Å²) in [5, 5.41) is 4.72. The summed E-state index contributed by atoms with van der Waals surface area (Å²) < 4.78 is 5.47. The van der Waals surface area contributed by atoms with E-state index in [0.29, 0.717) is 5.92 Å². The van der Waals surface area contributed by atoms with Gasteiger partial charge in [-0.2, -0.15) is 0 Å². The van der Waals surface area contributed by atoms with Gasteiger partial charge in [-0.05, 0) is 19.4 Å². The SMILES string of the molecule is CCNCc1sc(C2CCOCC2)nc1-c1ccccc1. The number of hydrogen-bond acceptors (Lipinski definition) is 4. The van der Waals surface area contributed by atoms with Gasteiger partial charge in [-0.1, -0.05) is 37.3 Å². The molecule has 1 aliphatic heterocycles. The molecule has 1 aromatic carbocycles. The van der Waals surface area contributed by atoms with Gasteiger partial charge in [0.15, 0.2) is 0 Å². The molecule has 1 saturated heterocycles. The second-order valence-electron chi connectivity index (χ2n) is 5.36. The summed E-state index contributed by atoms with van der Waals surface area (Å²) in [5.74, 6) is 0.571. The van der Waals surface area contributed by atoms with Gasteiger partial charge in [-0.15, -0.1) is 11.3 Å². The maximum Gasteiger partial charge on any atom is 0.0968 e. The van der Waals surface area contributed by atoms with Gasteiger partial charge in [0.1, 0.15) is 0 Å². The molecule has 0 radical (unpaired) electrons. The molecule has 0 bridgehead atoms. The maximum absolute atomic E-state index is 5.47. The molecule has 0 atom stereocenters. The van der Waals surface area contributed by atoms with Crippen LogP contribution in [0.25, 0.3) is 11.3 Å². The molecule has 1 aliphatic rings. The average molecular weight is 302 g/mol. The van der Waals surface area contributed by atoms with Crippen LogP contribution in [0.2, 0.25) is 0 Å². The molecule has 1 N–H and O–H groups in total. The van der Waals surface area contributed by atoms with E-state index in [-0.39, 0.29) is 0 Å². The Kier molecular flexibility index (Phi) is 5.01. The van der Waals surface area contributed by atoms with E-state index >= 15 is 0 Å². The fourth-order valence-electron chi connectivity index (χ4n) is 2.67. The predicted molar refractivity (Wildman–Crippen MR) is 87.7 cm³/mol. The summed E-state index contributed by atoms with van der Waals surface area (Å²) in [6, 6.07) is 10.5. The summed E-state index contributed by atoms with van der Waals surface area (Å²) in [6.07, 6.45) is 2.20. The summed E-state index contributed by atoms with van der Waals surface area (Å²) in [5.41, 5.74) is 2.38. The highest BCUT2D eigenvalue weighted by Crippen LogP contribution is 2.35. The number of hydrogen-bond donors (Lipinski definition) is 1. The third-order valence-electron chi connectivity index (χ3n) is 3.87. The molecule has 112 valence electrons. The largest absolute Gasteiger partial charge is 0.381 e. The summed E-state index contributed by atoms with van der Waals surface area (Å²) in [7, 11) is 0. The Morgan fingerprint density at radius 2 is 2.00 bits per heavy atom. The highest BCUT2D eigenvalue weighted by Gasteiger charge is 2.22. The second kappa shape index (κ2) is 7.16. The number of thiazole rings is 1. The van der Waals surface area contributed by atoms with Crippen LogP contribution in [0.1, 0.15) is 35.6 Å². The lowest BCUT2D eigenvalue weighted by Crippen LogP contribution is -2.13. The van der Waals surface area contributed by atoms with Crippen molar-refractivity contribution in [3.05, 3.63) is 40.2 Å². The van der Waals surface area contributed by atoms with Crippen molar-refractivity contribution in [3.63, 3.8) is 0 Å². The minimum atomic E-state index is 0.571. The molecule has 3 nitrogen and oxygen atoms in total. The minimum Gasteiger partial charge on any atom is -0.381 e. The topological polar surface area (TPSA) is 34.1 Å². The van der Waals surface area contributed by atoms with Crippen molar-refractivity contribution in [2.45, 2.75) is 32.2 Å². The van der Waals surface area contributed by atoms with Crippen molar-refractivity contribution >= 4 is 11.3 Å². The predicted octanol–water partition coefficient (Wildman–Crippen LogP) is 3.81. The highest BCUT2D eigenvalue weighted by atomic mass is 32.1. The summed E-state index contributed by atoms with van der Waals surface area (Å²) in [4.78, 5) is 6.33. The number of aromatic nitrogens is 1. The summed E-state index contributed by atoms with van der Waals surface area (Å²) >= 11 is 1.87. The lowest BCUT2D eigenvalue weighted by atomic mass is 10.0. The van der Waals surface area contributed by atoms with Gasteiger partial charge in [0.2, 0.25) is 0 Å². The first kappa shape index (κ1) is 14.7. The first-order chi connectivity index (χ1) is 10.4. The van der Waals surface area contributed by atoms with Crippen LogP contribution in [0.5, 0.6) is 0 Å². The van der Waals surface area contributed by atoms with E-state index in [0.717, 1.165) is 44.8 Å². The lowest BCUT2D eigenvalue weighted by Gasteiger charge is -2.19. The molecule has 4 heteroatoms. The standard InChI is InChI=1S/C17H22N2OS/c1-2-18-12-15-16(13-6-4-3-5-7-13)19-17(21-15)14-8-10-20-11-9-14/h3-7,14,18H,2,8-12H2,1H3. The Hall–Kier alpha value is -1.23. The van der Waals surface area contributed by atoms with Crippen molar-refractivity contribution < 1.29 is 4.74 Å². The number of nitrogens with one attached hydrogen (secondary N) is 1. The number of benzene rings is 1. The van der Waals surface area contributed by atoms with Crippen molar-refractivity contribution in [2.24, 2.45) is 0 Å². The van der Waals surface area contributed by atoms with Crippen molar-refractivity contribution in [1.29, 1.82) is 0 Å². The van der Waals surface area contributed by atoms with Crippen LogP contribution in [0.4, 0.5) is 0 Å². The van der Waals surface area contributed by atoms with Gasteiger partial charge in [-0.25, -0.2) is 4.98 Å². The Morgan fingerprint density at radius 3 is 2.71 bits per heavy atom. The molecule has 0 saturated carbocycles. The van der Waals surface area contributed by atoms with E-state index in [1.165, 1.54) is 15.4 Å². The molecule has 0 spiro atoms. The molecule has 3 rings (SSSR count). The molecule has 2 heterocycles. The van der Waals surface area contributed by atoms with Crippen LogP contribution in [-0.2, 0) is 11.3 Å². The molecule has 1 fully saturated rings. The molecule has 21 heavy (non-hydrogen) atoms. The Morgan fingerprint density at radius 1 is 1.24 bits per heavy atom. The van der Waals surface area contributed by atoms with Crippen LogP contribution in [0.15, 0.2) is 30.3 Å². The molecule has 0 amide bonds. The third kappa shape index (κ3) is 3.51. The van der Waals surface area contributed by atoms with Gasteiger partial charge in [0.05, 0.1) is 10.7 Å². The van der Waals surface area contributed by atoms with E-state index in [2.05, 4.69) is 42.6 Å². The van der Waals surface area contributed by atoms with Crippen LogP contribution in [0.3, 0.4) is 0 Å². The lowest BCUT2D eigenvalue weighted by molar-refractivity contribution is 0.0853. The van der Waals surface area contributed by atoms with Crippen molar-refractivity contribution in [2.75, 3.05) is 19.8 Å². The molecular weight excluding hydrogens is 280 g/mol. The van der Waals surface area contributed by atoms with Gasteiger partial charge < -0.3 is 10.1 Å². The van der Waals surface area contributed by atoms with Crippen LogP contribution in [-0.4, -0.2) is 24.7 Å². The molecule has 1 aromatic heterocycles. The van der Waals surface area contributed by atoms with Crippen LogP contribution >= 0.6 is 11.3 Å². The maximum atomic E-state index is 5.47. The van der Waals surface area contributed by atoms with Crippen molar-refractivity contribution in [3.8, 4) is 11.3 Å². The Balaban J connectivity index is 1.90. The van der Waals surface area contributed by atoms with E-state index in [9.17, 15) is 0 Å². The first-order valence-corrected chi connectivity index (χ1v) is 8.53. The third-order valence-corrected chi connectivity index (χ3v) is 5.09. The fraction of sp³-hybridized carbons (Fsp3) is 0.471. The first-order valence-electron chi connectivity index (χ1n) is 7.72. The molecule has 0 aliphatic carbocycles.